The average Bonchev–Trinajstić information content (AvgIpc) is 2.47. The smallest absolute Gasteiger partial charge is 0.423 e. The van der Waals surface area contributed by atoms with E-state index in [1.54, 1.807) is 6.07 Å². The van der Waals surface area contributed by atoms with Gasteiger partial charge >= 0.3 is 7.12 Å². The molecule has 0 aliphatic carbocycles. The molecule has 2 N–H and O–H groups in total. The molecule has 1 aliphatic rings. The molecule has 0 saturated heterocycles. The first kappa shape index (κ1) is 7.80. The van der Waals surface area contributed by atoms with Crippen LogP contribution < -0.4 is 5.46 Å². The highest BCUT2D eigenvalue weighted by Gasteiger charge is 2.26. The number of hydrogen-bond acceptors (Lipinski definition) is 3. The molecule has 0 saturated carbocycles. The monoisotopic (exact) mass is 164 g/mol. The summed E-state index contributed by atoms with van der Waals surface area (Å²) in [5.41, 5.74) is 2.58. The summed E-state index contributed by atoms with van der Waals surface area (Å²) in [6.07, 6.45) is 0. The van der Waals surface area contributed by atoms with E-state index in [9.17, 15) is 5.02 Å². The van der Waals surface area contributed by atoms with E-state index < -0.39 is 7.12 Å². The molecule has 1 aromatic rings. The van der Waals surface area contributed by atoms with Crippen LogP contribution in [0.5, 0.6) is 0 Å². The zero-order chi connectivity index (χ0) is 8.55. The van der Waals surface area contributed by atoms with Crippen molar-refractivity contribution in [3.8, 4) is 0 Å². The molecule has 0 bridgehead atoms. The van der Waals surface area contributed by atoms with Gasteiger partial charge in [-0.15, -0.1) is 0 Å². The van der Waals surface area contributed by atoms with Crippen molar-refractivity contribution in [3.63, 3.8) is 0 Å². The maximum absolute atomic E-state index is 9.30. The molecule has 1 aromatic carbocycles. The van der Waals surface area contributed by atoms with Crippen molar-refractivity contribution in [2.45, 2.75) is 13.2 Å². The normalized spacial score (nSPS) is 15.0. The maximum atomic E-state index is 9.30. The van der Waals surface area contributed by atoms with E-state index in [1.807, 2.05) is 12.1 Å². The zero-order valence-corrected chi connectivity index (χ0v) is 6.53. The van der Waals surface area contributed by atoms with E-state index in [4.69, 9.17) is 9.76 Å². The minimum atomic E-state index is -0.813. The SMILES string of the molecule is OCc1ccc2c(c1)B(O)OC2. The number of rotatable bonds is 1. The Labute approximate surface area is 70.8 Å². The third-order valence-electron chi connectivity index (χ3n) is 2.06. The van der Waals surface area contributed by atoms with E-state index in [0.29, 0.717) is 6.61 Å². The van der Waals surface area contributed by atoms with E-state index in [-0.39, 0.29) is 6.61 Å². The van der Waals surface area contributed by atoms with Crippen molar-refractivity contribution in [2.75, 3.05) is 0 Å². The zero-order valence-electron chi connectivity index (χ0n) is 6.53. The molecule has 0 unspecified atom stereocenters. The summed E-state index contributed by atoms with van der Waals surface area (Å²) in [4.78, 5) is 0. The van der Waals surface area contributed by atoms with Gasteiger partial charge < -0.3 is 14.8 Å². The second-order valence-corrected chi connectivity index (χ2v) is 2.85. The molecular formula is C8H9BO3. The van der Waals surface area contributed by atoms with Crippen LogP contribution in [-0.4, -0.2) is 17.2 Å². The number of benzene rings is 1. The van der Waals surface area contributed by atoms with Crippen molar-refractivity contribution in [1.29, 1.82) is 0 Å². The summed E-state index contributed by atoms with van der Waals surface area (Å²) in [6.45, 7) is 0.461. The van der Waals surface area contributed by atoms with Crippen molar-refractivity contribution in [3.05, 3.63) is 29.3 Å². The van der Waals surface area contributed by atoms with Gasteiger partial charge in [-0.25, -0.2) is 0 Å². The minimum Gasteiger partial charge on any atom is -0.423 e. The predicted molar refractivity (Wildman–Crippen MR) is 44.8 cm³/mol. The van der Waals surface area contributed by atoms with Crippen LogP contribution in [-0.2, 0) is 17.9 Å². The third-order valence-corrected chi connectivity index (χ3v) is 2.06. The molecule has 0 spiro atoms. The highest BCUT2D eigenvalue weighted by Crippen LogP contribution is 2.10. The maximum Gasteiger partial charge on any atom is 0.491 e. The summed E-state index contributed by atoms with van der Waals surface area (Å²) in [6, 6.07) is 5.48. The largest absolute Gasteiger partial charge is 0.491 e. The van der Waals surface area contributed by atoms with Crippen molar-refractivity contribution in [1.82, 2.24) is 0 Å². The number of aliphatic hydroxyl groups excluding tert-OH is 1. The molecule has 1 heterocycles. The van der Waals surface area contributed by atoms with Gasteiger partial charge in [-0.05, 0) is 16.6 Å². The molecular weight excluding hydrogens is 155 g/mol. The van der Waals surface area contributed by atoms with Crippen LogP contribution in [0.2, 0.25) is 0 Å². The Bertz CT molecular complexity index is 300. The molecule has 2 rings (SSSR count). The summed E-state index contributed by atoms with van der Waals surface area (Å²) >= 11 is 0. The first-order valence-electron chi connectivity index (χ1n) is 3.83. The summed E-state index contributed by atoms with van der Waals surface area (Å²) in [5.74, 6) is 0. The Balaban J connectivity index is 2.43. The Morgan fingerprint density at radius 1 is 1.50 bits per heavy atom. The second kappa shape index (κ2) is 2.90. The minimum absolute atomic E-state index is 0.000000000000000222. The molecule has 0 fully saturated rings. The molecule has 12 heavy (non-hydrogen) atoms. The third kappa shape index (κ3) is 1.14. The second-order valence-electron chi connectivity index (χ2n) is 2.85. The standard InChI is InChI=1S/C8H9BO3/c10-4-6-1-2-7-5-12-9(11)8(7)3-6/h1-3,10-11H,4-5H2. The van der Waals surface area contributed by atoms with Crippen LogP contribution in [0.15, 0.2) is 18.2 Å². The van der Waals surface area contributed by atoms with Gasteiger partial charge in [0.2, 0.25) is 0 Å². The Hall–Kier alpha value is -0.835. The van der Waals surface area contributed by atoms with E-state index >= 15 is 0 Å². The van der Waals surface area contributed by atoms with Crippen LogP contribution >= 0.6 is 0 Å². The van der Waals surface area contributed by atoms with Gasteiger partial charge in [0.25, 0.3) is 0 Å². The van der Waals surface area contributed by atoms with Crippen molar-refractivity contribution < 1.29 is 14.8 Å². The molecule has 4 heteroatoms. The van der Waals surface area contributed by atoms with Crippen molar-refractivity contribution in [2.24, 2.45) is 0 Å². The lowest BCUT2D eigenvalue weighted by molar-refractivity contribution is 0.275. The number of hydrogen-bond donors (Lipinski definition) is 2. The highest BCUT2D eigenvalue weighted by molar-refractivity contribution is 6.61. The van der Waals surface area contributed by atoms with Gasteiger partial charge in [0.15, 0.2) is 0 Å². The quantitative estimate of drug-likeness (QED) is 0.544. The first-order valence-corrected chi connectivity index (χ1v) is 3.83. The van der Waals surface area contributed by atoms with Gasteiger partial charge in [0.1, 0.15) is 0 Å². The van der Waals surface area contributed by atoms with Gasteiger partial charge in [0.05, 0.1) is 13.2 Å². The molecule has 3 nitrogen and oxygen atoms in total. The van der Waals surface area contributed by atoms with Gasteiger partial charge in [0, 0.05) is 0 Å². The Kier molecular flexibility index (Phi) is 1.88. The van der Waals surface area contributed by atoms with Gasteiger partial charge in [-0.2, -0.15) is 0 Å². The molecule has 0 radical (unpaired) electrons. The predicted octanol–water partition coefficient (Wildman–Crippen LogP) is -0.603. The van der Waals surface area contributed by atoms with Crippen LogP contribution in [0.4, 0.5) is 0 Å². The molecule has 0 amide bonds. The van der Waals surface area contributed by atoms with E-state index in [2.05, 4.69) is 0 Å². The van der Waals surface area contributed by atoms with Crippen LogP contribution in [0.1, 0.15) is 11.1 Å². The van der Waals surface area contributed by atoms with Crippen molar-refractivity contribution >= 4 is 12.6 Å². The van der Waals surface area contributed by atoms with Gasteiger partial charge in [-0.3, -0.25) is 0 Å². The molecule has 62 valence electrons. The fraction of sp³-hybridized carbons (Fsp3) is 0.250. The van der Waals surface area contributed by atoms with Crippen LogP contribution in [0.3, 0.4) is 0 Å². The van der Waals surface area contributed by atoms with E-state index in [0.717, 1.165) is 16.6 Å². The van der Waals surface area contributed by atoms with E-state index in [1.165, 1.54) is 0 Å². The number of fused-ring (bicyclic) bond motifs is 1. The lowest BCUT2D eigenvalue weighted by atomic mass is 9.79. The Morgan fingerprint density at radius 2 is 2.33 bits per heavy atom. The van der Waals surface area contributed by atoms with Gasteiger partial charge in [-0.1, -0.05) is 18.2 Å². The lowest BCUT2D eigenvalue weighted by Gasteiger charge is -2.00. The molecule has 1 aliphatic heterocycles. The summed E-state index contributed by atoms with van der Waals surface area (Å²) in [5, 5.41) is 18.1. The van der Waals surface area contributed by atoms with Crippen LogP contribution in [0.25, 0.3) is 0 Å². The highest BCUT2D eigenvalue weighted by atomic mass is 16.5. The fourth-order valence-corrected chi connectivity index (χ4v) is 1.36. The van der Waals surface area contributed by atoms with Crippen LogP contribution in [0, 0.1) is 0 Å². The molecule has 0 aromatic heterocycles. The number of aliphatic hydroxyl groups is 1. The molecule has 0 atom stereocenters. The lowest BCUT2D eigenvalue weighted by Crippen LogP contribution is -2.28. The average molecular weight is 164 g/mol. The Morgan fingerprint density at radius 3 is 3.08 bits per heavy atom. The topological polar surface area (TPSA) is 49.7 Å². The summed E-state index contributed by atoms with van der Waals surface area (Å²) < 4.78 is 5.00. The fourth-order valence-electron chi connectivity index (χ4n) is 1.36. The first-order chi connectivity index (χ1) is 5.81. The summed E-state index contributed by atoms with van der Waals surface area (Å²) in [7, 11) is -0.813.